The van der Waals surface area contributed by atoms with E-state index in [9.17, 15) is 4.79 Å². The average molecular weight is 446 g/mol. The second kappa shape index (κ2) is 11.6. The predicted molar refractivity (Wildman–Crippen MR) is 125 cm³/mol. The van der Waals surface area contributed by atoms with Crippen molar-refractivity contribution in [1.82, 2.24) is 15.3 Å². The van der Waals surface area contributed by atoms with E-state index in [1.54, 1.807) is 30.6 Å². The van der Waals surface area contributed by atoms with Gasteiger partial charge in [-0.2, -0.15) is 0 Å². The molecule has 0 spiro atoms. The van der Waals surface area contributed by atoms with Gasteiger partial charge in [0.1, 0.15) is 10.0 Å². The zero-order chi connectivity index (χ0) is 22.1. The highest BCUT2D eigenvalue weighted by Crippen LogP contribution is 2.24. The third-order valence-electron chi connectivity index (χ3n) is 4.38. The Kier molecular flexibility index (Phi) is 9.20. The van der Waals surface area contributed by atoms with Crippen molar-refractivity contribution in [2.75, 3.05) is 6.54 Å². The summed E-state index contributed by atoms with van der Waals surface area (Å²) < 4.78 is 0. The number of amides is 1. The molecule has 0 radical (unpaired) electrons. The minimum atomic E-state index is -0.152. The quantitative estimate of drug-likeness (QED) is 0.239. The number of nitrogens with two attached hydrogens (primary N) is 1. The molecule has 0 saturated carbocycles. The normalized spacial score (nSPS) is 13.0. The molecule has 0 aliphatic carbocycles. The zero-order valence-corrected chi connectivity index (χ0v) is 19.1. The van der Waals surface area contributed by atoms with Gasteiger partial charge in [0.25, 0.3) is 5.91 Å². The Labute approximate surface area is 187 Å². The smallest absolute Gasteiger partial charge is 0.263 e. The highest BCUT2D eigenvalue weighted by Gasteiger charge is 2.21. The first-order chi connectivity index (χ1) is 14.3. The van der Waals surface area contributed by atoms with Crippen LogP contribution < -0.4 is 11.1 Å². The number of hydrogen-bond donors (Lipinski definition) is 2. The predicted octanol–water partition coefficient (Wildman–Crippen LogP) is 4.72. The summed E-state index contributed by atoms with van der Waals surface area (Å²) >= 11 is 7.17. The third kappa shape index (κ3) is 6.78. The van der Waals surface area contributed by atoms with Crippen LogP contribution in [-0.2, 0) is 6.42 Å². The van der Waals surface area contributed by atoms with Gasteiger partial charge in [0.2, 0.25) is 0 Å². The van der Waals surface area contributed by atoms with E-state index in [2.05, 4.69) is 40.7 Å². The molecule has 1 unspecified atom stereocenters. The molecule has 6 nitrogen and oxygen atoms in total. The van der Waals surface area contributed by atoms with Crippen LogP contribution >= 0.6 is 22.9 Å². The Bertz CT molecular complexity index is 918. The molecule has 2 heterocycles. The minimum Gasteiger partial charge on any atom is -0.381 e. The molecule has 3 N–H and O–H groups in total. The monoisotopic (exact) mass is 445 g/mol. The van der Waals surface area contributed by atoms with Crippen molar-refractivity contribution in [1.29, 1.82) is 0 Å². The van der Waals surface area contributed by atoms with Gasteiger partial charge in [-0.1, -0.05) is 51.1 Å². The van der Waals surface area contributed by atoms with E-state index in [1.807, 2.05) is 13.0 Å². The van der Waals surface area contributed by atoms with Crippen LogP contribution in [0.1, 0.15) is 59.0 Å². The second-order valence-corrected chi connectivity index (χ2v) is 8.58. The highest BCUT2D eigenvalue weighted by molar-refractivity contribution is 7.15. The van der Waals surface area contributed by atoms with Gasteiger partial charge in [0, 0.05) is 24.9 Å². The number of halogens is 1. The van der Waals surface area contributed by atoms with Gasteiger partial charge < -0.3 is 11.1 Å². The maximum atomic E-state index is 12.9. The second-order valence-electron chi connectivity index (χ2n) is 7.19. The van der Waals surface area contributed by atoms with E-state index in [-0.39, 0.29) is 17.7 Å². The number of allylic oxidation sites excluding steroid dienone is 2. The summed E-state index contributed by atoms with van der Waals surface area (Å²) in [6.45, 7) is 10.4. The summed E-state index contributed by atoms with van der Waals surface area (Å²) in [5.41, 5.74) is 7.77. The van der Waals surface area contributed by atoms with Crippen molar-refractivity contribution in [2.45, 2.75) is 39.5 Å². The number of pyridine rings is 1. The molecular weight excluding hydrogens is 418 g/mol. The first kappa shape index (κ1) is 23.8. The van der Waals surface area contributed by atoms with Crippen molar-refractivity contribution in [3.8, 4) is 0 Å². The molecule has 1 atom stereocenters. The molecular formula is C22H28ClN5OS. The van der Waals surface area contributed by atoms with E-state index >= 15 is 0 Å². The summed E-state index contributed by atoms with van der Waals surface area (Å²) in [5.74, 6) is 0.743. The average Bonchev–Trinajstić information content (AvgIpc) is 3.16. The Balaban J connectivity index is 2.16. The number of thiazole rings is 1. The number of hydrogen-bond acceptors (Lipinski definition) is 5. The molecule has 0 fully saturated rings. The number of amidine groups is 1. The van der Waals surface area contributed by atoms with Crippen LogP contribution in [-0.4, -0.2) is 28.3 Å². The van der Waals surface area contributed by atoms with Crippen molar-refractivity contribution >= 4 is 34.7 Å². The van der Waals surface area contributed by atoms with Gasteiger partial charge in [0.05, 0.1) is 5.69 Å². The Morgan fingerprint density at radius 1 is 1.43 bits per heavy atom. The number of aromatic nitrogens is 2. The minimum absolute atomic E-state index is 0.145. The van der Waals surface area contributed by atoms with Crippen molar-refractivity contribution in [3.05, 3.63) is 69.6 Å². The standard InChI is InChI=1S/C22H28ClN5OS/c1-5-7-10-25-20(24)22-28-17(6-2)19(30-22)21(29)27-13-16(11-14(3)4)15-8-9-18(23)26-12-15/h5,7-10,12,14,16H,1,6,11,13H2,2-4H3,(H2,24,25)(H,27,29)/b10-7-. The first-order valence-corrected chi connectivity index (χ1v) is 11.1. The van der Waals surface area contributed by atoms with E-state index in [0.717, 1.165) is 12.0 Å². The van der Waals surface area contributed by atoms with Gasteiger partial charge in [0.15, 0.2) is 10.8 Å². The lowest BCUT2D eigenvalue weighted by atomic mass is 9.91. The summed E-state index contributed by atoms with van der Waals surface area (Å²) in [4.78, 5) is 26.3. The number of nitrogens with zero attached hydrogens (tertiary/aromatic N) is 3. The molecule has 0 aliphatic rings. The number of carbonyl (C=O) groups is 1. The molecule has 8 heteroatoms. The van der Waals surface area contributed by atoms with Crippen LogP contribution in [0.2, 0.25) is 5.15 Å². The van der Waals surface area contributed by atoms with Crippen LogP contribution in [0.15, 0.2) is 48.3 Å². The fourth-order valence-electron chi connectivity index (χ4n) is 2.95. The lowest BCUT2D eigenvalue weighted by molar-refractivity contribution is 0.0953. The number of nitrogens with one attached hydrogen (secondary N) is 1. The van der Waals surface area contributed by atoms with Crippen LogP contribution in [0.3, 0.4) is 0 Å². The third-order valence-corrected chi connectivity index (χ3v) is 5.72. The fraction of sp³-hybridized carbons (Fsp3) is 0.364. The van der Waals surface area contributed by atoms with Crippen LogP contribution in [0.5, 0.6) is 0 Å². The van der Waals surface area contributed by atoms with Crippen molar-refractivity contribution in [3.63, 3.8) is 0 Å². The molecule has 0 bridgehead atoms. The molecule has 30 heavy (non-hydrogen) atoms. The molecule has 2 aromatic rings. The van der Waals surface area contributed by atoms with Crippen LogP contribution in [0, 0.1) is 5.92 Å². The Morgan fingerprint density at radius 2 is 2.20 bits per heavy atom. The van der Waals surface area contributed by atoms with Crippen molar-refractivity contribution in [2.24, 2.45) is 16.6 Å². The number of rotatable bonds is 10. The molecule has 1 amide bonds. The highest BCUT2D eigenvalue weighted by atomic mass is 35.5. The molecule has 0 aromatic carbocycles. The van der Waals surface area contributed by atoms with Crippen molar-refractivity contribution < 1.29 is 4.79 Å². The molecule has 0 saturated heterocycles. The Morgan fingerprint density at radius 3 is 2.80 bits per heavy atom. The largest absolute Gasteiger partial charge is 0.381 e. The van der Waals surface area contributed by atoms with Gasteiger partial charge in [-0.25, -0.2) is 15.0 Å². The van der Waals surface area contributed by atoms with E-state index < -0.39 is 0 Å². The van der Waals surface area contributed by atoms with E-state index in [0.29, 0.717) is 39.6 Å². The van der Waals surface area contributed by atoms with Crippen LogP contribution in [0.25, 0.3) is 0 Å². The van der Waals surface area contributed by atoms with E-state index in [4.69, 9.17) is 17.3 Å². The number of aryl methyl sites for hydroxylation is 1. The number of carbonyl (C=O) groups excluding carboxylic acids is 1. The van der Waals surface area contributed by atoms with Gasteiger partial charge in [-0.05, 0) is 36.5 Å². The summed E-state index contributed by atoms with van der Waals surface area (Å²) in [6, 6.07) is 3.74. The SMILES string of the molecule is C=C/C=C\N=C(/N)c1nc(CC)c(C(=O)NCC(CC(C)C)c2ccc(Cl)nc2)s1. The van der Waals surface area contributed by atoms with E-state index in [1.165, 1.54) is 11.3 Å². The summed E-state index contributed by atoms with van der Waals surface area (Å²) in [6.07, 6.45) is 8.16. The molecule has 2 rings (SSSR count). The molecule has 0 aliphatic heterocycles. The fourth-order valence-corrected chi connectivity index (χ4v) is 4.04. The first-order valence-electron chi connectivity index (χ1n) is 9.86. The molecule has 160 valence electrons. The van der Waals surface area contributed by atoms with Gasteiger partial charge in [-0.15, -0.1) is 11.3 Å². The number of aliphatic imine (C=N–C) groups is 1. The summed E-state index contributed by atoms with van der Waals surface area (Å²) in [5, 5.41) is 4.05. The zero-order valence-electron chi connectivity index (χ0n) is 17.6. The van der Waals surface area contributed by atoms with Crippen LogP contribution in [0.4, 0.5) is 0 Å². The maximum Gasteiger partial charge on any atom is 0.263 e. The summed E-state index contributed by atoms with van der Waals surface area (Å²) in [7, 11) is 0. The lowest BCUT2D eigenvalue weighted by Crippen LogP contribution is -2.29. The topological polar surface area (TPSA) is 93.3 Å². The maximum absolute atomic E-state index is 12.9. The molecule has 2 aromatic heterocycles. The van der Waals surface area contributed by atoms with Gasteiger partial charge >= 0.3 is 0 Å². The Hall–Kier alpha value is -2.51. The van der Waals surface area contributed by atoms with Gasteiger partial charge in [-0.3, -0.25) is 4.79 Å². The lowest BCUT2D eigenvalue weighted by Gasteiger charge is -2.20.